The summed E-state index contributed by atoms with van der Waals surface area (Å²) in [5.41, 5.74) is -0.743. The number of hydrogen-bond acceptors (Lipinski definition) is 3. The Morgan fingerprint density at radius 2 is 2.07 bits per heavy atom. The van der Waals surface area contributed by atoms with Gasteiger partial charge in [-0.25, -0.2) is 4.79 Å². The van der Waals surface area contributed by atoms with Gasteiger partial charge in [0.25, 0.3) is 0 Å². The summed E-state index contributed by atoms with van der Waals surface area (Å²) in [5.74, 6) is 2.33. The summed E-state index contributed by atoms with van der Waals surface area (Å²) >= 11 is 0. The lowest BCUT2D eigenvalue weighted by Gasteiger charge is -2.03. The van der Waals surface area contributed by atoms with Crippen molar-refractivity contribution in [2.75, 3.05) is 0 Å². The first kappa shape index (κ1) is 9.28. The van der Waals surface area contributed by atoms with Crippen molar-refractivity contribution in [1.29, 1.82) is 0 Å². The standard InChI is InChI=1S/C11H7NO3/c1-2-7-12-8-5-3-4-6-9(8)15-11(14)10(12)13/h1,3-6H,7H2. The fourth-order valence-electron chi connectivity index (χ4n) is 1.38. The second kappa shape index (κ2) is 3.46. The van der Waals surface area contributed by atoms with Gasteiger partial charge >= 0.3 is 11.2 Å². The lowest BCUT2D eigenvalue weighted by atomic mass is 10.3. The molecule has 15 heavy (non-hydrogen) atoms. The first-order valence-electron chi connectivity index (χ1n) is 4.30. The molecule has 1 heterocycles. The average Bonchev–Trinajstić information content (AvgIpc) is 2.25. The third-order valence-corrected chi connectivity index (χ3v) is 2.03. The van der Waals surface area contributed by atoms with Gasteiger partial charge in [0, 0.05) is 0 Å². The minimum absolute atomic E-state index is 0.0605. The van der Waals surface area contributed by atoms with Crippen LogP contribution in [0.5, 0.6) is 0 Å². The summed E-state index contributed by atoms with van der Waals surface area (Å²) in [6, 6.07) is 6.75. The van der Waals surface area contributed by atoms with Crippen LogP contribution in [-0.4, -0.2) is 4.57 Å². The molecule has 1 aromatic heterocycles. The van der Waals surface area contributed by atoms with E-state index in [1.807, 2.05) is 0 Å². The van der Waals surface area contributed by atoms with Gasteiger partial charge in [0.1, 0.15) is 0 Å². The summed E-state index contributed by atoms with van der Waals surface area (Å²) in [6.07, 6.45) is 5.13. The Labute approximate surface area is 84.8 Å². The lowest BCUT2D eigenvalue weighted by molar-refractivity contribution is 0.530. The van der Waals surface area contributed by atoms with Crippen LogP contribution in [0.4, 0.5) is 0 Å². The molecule has 0 fully saturated rings. The Morgan fingerprint density at radius 1 is 1.33 bits per heavy atom. The number of aromatic nitrogens is 1. The molecule has 0 N–H and O–H groups in total. The maximum atomic E-state index is 11.4. The molecule has 0 aliphatic rings. The smallest absolute Gasteiger partial charge is 0.402 e. The second-order valence-corrected chi connectivity index (χ2v) is 2.95. The number of terminal acetylenes is 1. The third-order valence-electron chi connectivity index (χ3n) is 2.03. The summed E-state index contributed by atoms with van der Waals surface area (Å²) < 4.78 is 6.05. The molecule has 74 valence electrons. The third kappa shape index (κ3) is 1.44. The number of fused-ring (bicyclic) bond motifs is 1. The van der Waals surface area contributed by atoms with Gasteiger partial charge < -0.3 is 4.42 Å². The van der Waals surface area contributed by atoms with Crippen molar-refractivity contribution >= 4 is 11.1 Å². The van der Waals surface area contributed by atoms with Gasteiger partial charge in [0.15, 0.2) is 5.58 Å². The zero-order valence-corrected chi connectivity index (χ0v) is 7.77. The largest absolute Gasteiger partial charge is 0.417 e. The van der Waals surface area contributed by atoms with E-state index >= 15 is 0 Å². The molecule has 4 heteroatoms. The Bertz CT molecular complexity index is 658. The van der Waals surface area contributed by atoms with Gasteiger partial charge in [0.05, 0.1) is 12.1 Å². The van der Waals surface area contributed by atoms with Crippen LogP contribution in [0.1, 0.15) is 0 Å². The highest BCUT2D eigenvalue weighted by molar-refractivity contribution is 5.72. The maximum Gasteiger partial charge on any atom is 0.402 e. The number of hydrogen-bond donors (Lipinski definition) is 0. The molecule has 0 saturated carbocycles. The fourth-order valence-corrected chi connectivity index (χ4v) is 1.38. The van der Waals surface area contributed by atoms with E-state index in [0.717, 1.165) is 0 Å². The van der Waals surface area contributed by atoms with E-state index in [9.17, 15) is 9.59 Å². The summed E-state index contributed by atoms with van der Waals surface area (Å²) in [4.78, 5) is 22.6. The molecule has 4 nitrogen and oxygen atoms in total. The minimum Gasteiger partial charge on any atom is -0.417 e. The number of nitrogens with zero attached hydrogens (tertiary/aromatic N) is 1. The van der Waals surface area contributed by atoms with Crippen LogP contribution in [0, 0.1) is 12.3 Å². The van der Waals surface area contributed by atoms with Crippen LogP contribution in [0.3, 0.4) is 0 Å². The minimum atomic E-state index is -0.899. The van der Waals surface area contributed by atoms with Crippen molar-refractivity contribution in [1.82, 2.24) is 4.57 Å². The van der Waals surface area contributed by atoms with Gasteiger partial charge in [-0.2, -0.15) is 0 Å². The molecule has 2 aromatic rings. The first-order chi connectivity index (χ1) is 7.24. The lowest BCUT2D eigenvalue weighted by Crippen LogP contribution is -2.33. The molecule has 0 atom stereocenters. The van der Waals surface area contributed by atoms with E-state index in [0.29, 0.717) is 11.1 Å². The number of para-hydroxylation sites is 2. The number of rotatable bonds is 1. The van der Waals surface area contributed by atoms with E-state index in [-0.39, 0.29) is 6.54 Å². The Balaban J connectivity index is 2.97. The van der Waals surface area contributed by atoms with Crippen LogP contribution in [0.15, 0.2) is 38.3 Å². The van der Waals surface area contributed by atoms with E-state index in [4.69, 9.17) is 10.8 Å². The van der Waals surface area contributed by atoms with Crippen molar-refractivity contribution in [2.24, 2.45) is 0 Å². The van der Waals surface area contributed by atoms with Crippen molar-refractivity contribution in [3.8, 4) is 12.3 Å². The second-order valence-electron chi connectivity index (χ2n) is 2.95. The molecule has 0 spiro atoms. The highest BCUT2D eigenvalue weighted by Gasteiger charge is 2.07. The highest BCUT2D eigenvalue weighted by atomic mass is 16.4. The van der Waals surface area contributed by atoms with Gasteiger partial charge in [-0.15, -0.1) is 6.42 Å². The molecule has 0 saturated heterocycles. The topological polar surface area (TPSA) is 52.2 Å². The predicted molar refractivity (Wildman–Crippen MR) is 55.6 cm³/mol. The van der Waals surface area contributed by atoms with E-state index < -0.39 is 11.2 Å². The molecular weight excluding hydrogens is 194 g/mol. The van der Waals surface area contributed by atoms with E-state index in [1.54, 1.807) is 24.3 Å². The Hall–Kier alpha value is -2.28. The van der Waals surface area contributed by atoms with Crippen molar-refractivity contribution in [3.63, 3.8) is 0 Å². The SMILES string of the molecule is C#CCn1c(=O)c(=O)oc2ccccc21. The zero-order valence-electron chi connectivity index (χ0n) is 7.77. The number of benzene rings is 1. The Morgan fingerprint density at radius 3 is 2.80 bits per heavy atom. The van der Waals surface area contributed by atoms with E-state index in [1.165, 1.54) is 4.57 Å². The van der Waals surface area contributed by atoms with Crippen LogP contribution in [0.25, 0.3) is 11.1 Å². The Kier molecular flexibility index (Phi) is 2.14. The molecule has 0 radical (unpaired) electrons. The molecule has 0 aliphatic carbocycles. The molecule has 0 unspecified atom stereocenters. The summed E-state index contributed by atoms with van der Waals surface area (Å²) in [6.45, 7) is 0.0605. The van der Waals surface area contributed by atoms with Gasteiger partial charge in [0.2, 0.25) is 0 Å². The molecule has 1 aromatic carbocycles. The maximum absolute atomic E-state index is 11.4. The van der Waals surface area contributed by atoms with Crippen LogP contribution in [-0.2, 0) is 6.54 Å². The van der Waals surface area contributed by atoms with Crippen LogP contribution >= 0.6 is 0 Å². The van der Waals surface area contributed by atoms with Crippen molar-refractivity contribution in [3.05, 3.63) is 45.0 Å². The molecule has 0 aliphatic heterocycles. The van der Waals surface area contributed by atoms with Crippen molar-refractivity contribution in [2.45, 2.75) is 6.54 Å². The molecule has 0 bridgehead atoms. The molecule has 0 amide bonds. The van der Waals surface area contributed by atoms with Crippen molar-refractivity contribution < 1.29 is 4.42 Å². The van der Waals surface area contributed by atoms with Gasteiger partial charge in [-0.1, -0.05) is 18.1 Å². The summed E-state index contributed by atoms with van der Waals surface area (Å²) in [5, 5.41) is 0. The zero-order chi connectivity index (χ0) is 10.8. The van der Waals surface area contributed by atoms with E-state index in [2.05, 4.69) is 5.92 Å². The highest BCUT2D eigenvalue weighted by Crippen LogP contribution is 2.08. The predicted octanol–water partition coefficient (Wildman–Crippen LogP) is 0.588. The van der Waals surface area contributed by atoms with Gasteiger partial charge in [-0.05, 0) is 12.1 Å². The van der Waals surface area contributed by atoms with Gasteiger partial charge in [-0.3, -0.25) is 9.36 Å². The normalized spacial score (nSPS) is 10.1. The van der Waals surface area contributed by atoms with Crippen LogP contribution in [0.2, 0.25) is 0 Å². The monoisotopic (exact) mass is 201 g/mol. The quantitative estimate of drug-likeness (QED) is 0.501. The van der Waals surface area contributed by atoms with Crippen LogP contribution < -0.4 is 11.2 Å². The molecular formula is C11H7NO3. The first-order valence-corrected chi connectivity index (χ1v) is 4.30. The average molecular weight is 201 g/mol. The summed E-state index contributed by atoms with van der Waals surface area (Å²) in [7, 11) is 0. The fraction of sp³-hybridized carbons (Fsp3) is 0.0909. The molecule has 2 rings (SSSR count).